The fraction of sp³-hybridized carbons (Fsp3) is 0.909. The van der Waals surface area contributed by atoms with Crippen LogP contribution in [0.1, 0.15) is 26.7 Å². The van der Waals surface area contributed by atoms with Gasteiger partial charge >= 0.3 is 0 Å². The highest BCUT2D eigenvalue weighted by atomic mass is 16.5. The van der Waals surface area contributed by atoms with Crippen LogP contribution in [-0.2, 0) is 9.53 Å². The number of carbonyl (C=O) groups is 1. The van der Waals surface area contributed by atoms with E-state index in [1.165, 1.54) is 0 Å². The third-order valence-electron chi connectivity index (χ3n) is 2.81. The lowest BCUT2D eigenvalue weighted by atomic mass is 10.0. The summed E-state index contributed by atoms with van der Waals surface area (Å²) >= 11 is 0. The number of ether oxygens (including phenoxy) is 1. The molecule has 0 spiro atoms. The maximum atomic E-state index is 11.9. The van der Waals surface area contributed by atoms with Gasteiger partial charge in [-0.3, -0.25) is 4.79 Å². The predicted octanol–water partition coefficient (Wildman–Crippen LogP) is 0.622. The summed E-state index contributed by atoms with van der Waals surface area (Å²) in [5.41, 5.74) is 0. The zero-order chi connectivity index (χ0) is 11.3. The van der Waals surface area contributed by atoms with Crippen LogP contribution in [0, 0.1) is 0 Å². The Morgan fingerprint density at radius 2 is 2.40 bits per heavy atom. The van der Waals surface area contributed by atoms with Crippen molar-refractivity contribution in [2.24, 2.45) is 0 Å². The number of carbonyl (C=O) groups excluding carboxylic acids is 1. The van der Waals surface area contributed by atoms with Gasteiger partial charge in [-0.2, -0.15) is 0 Å². The van der Waals surface area contributed by atoms with Gasteiger partial charge in [0.25, 0.3) is 0 Å². The zero-order valence-electron chi connectivity index (χ0n) is 9.95. The van der Waals surface area contributed by atoms with E-state index in [2.05, 4.69) is 5.32 Å². The summed E-state index contributed by atoms with van der Waals surface area (Å²) in [6.07, 6.45) is 2.17. The molecule has 0 aromatic rings. The molecule has 1 saturated heterocycles. The van der Waals surface area contributed by atoms with Crippen molar-refractivity contribution in [2.75, 3.05) is 26.7 Å². The van der Waals surface area contributed by atoms with Crippen LogP contribution in [-0.4, -0.2) is 49.7 Å². The fourth-order valence-corrected chi connectivity index (χ4v) is 2.04. The second kappa shape index (κ2) is 6.08. The molecule has 1 N–H and O–H groups in total. The van der Waals surface area contributed by atoms with E-state index < -0.39 is 0 Å². The average molecular weight is 214 g/mol. The number of amides is 1. The number of hydrogen-bond acceptors (Lipinski definition) is 3. The molecule has 1 fully saturated rings. The molecule has 1 aliphatic heterocycles. The first kappa shape index (κ1) is 12.5. The van der Waals surface area contributed by atoms with Crippen molar-refractivity contribution in [1.82, 2.24) is 10.2 Å². The van der Waals surface area contributed by atoms with Crippen molar-refractivity contribution >= 4 is 5.91 Å². The number of piperidine rings is 1. The largest absolute Gasteiger partial charge is 0.377 e. The van der Waals surface area contributed by atoms with Crippen LogP contribution in [0.3, 0.4) is 0 Å². The Morgan fingerprint density at radius 1 is 1.67 bits per heavy atom. The van der Waals surface area contributed by atoms with E-state index in [0.29, 0.717) is 13.2 Å². The molecule has 1 aliphatic rings. The van der Waals surface area contributed by atoms with Crippen LogP contribution in [0.5, 0.6) is 0 Å². The standard InChI is InChI=1S/C11H22N2O2/c1-4-15-9(2)8-13-7-5-6-10(12-3)11(13)14/h9-10,12H,4-8H2,1-3H3. The van der Waals surface area contributed by atoms with Gasteiger partial charge in [0.1, 0.15) is 0 Å². The third-order valence-corrected chi connectivity index (χ3v) is 2.81. The van der Waals surface area contributed by atoms with Gasteiger partial charge in [0.05, 0.1) is 12.1 Å². The molecule has 0 aromatic heterocycles. The second-order valence-corrected chi connectivity index (χ2v) is 4.03. The van der Waals surface area contributed by atoms with Crippen molar-refractivity contribution in [3.63, 3.8) is 0 Å². The quantitative estimate of drug-likeness (QED) is 0.729. The van der Waals surface area contributed by atoms with E-state index in [4.69, 9.17) is 4.74 Å². The molecule has 0 aromatic carbocycles. The molecular weight excluding hydrogens is 192 g/mol. The van der Waals surface area contributed by atoms with E-state index in [1.807, 2.05) is 25.8 Å². The summed E-state index contributed by atoms with van der Waals surface area (Å²) in [5, 5.41) is 3.06. The van der Waals surface area contributed by atoms with E-state index in [9.17, 15) is 4.79 Å². The first-order chi connectivity index (χ1) is 7.19. The Labute approximate surface area is 92.0 Å². The SMILES string of the molecule is CCOC(C)CN1CCCC(NC)C1=O. The van der Waals surface area contributed by atoms with Gasteiger partial charge in [0.2, 0.25) is 5.91 Å². The van der Waals surface area contributed by atoms with Gasteiger partial charge < -0.3 is 15.0 Å². The minimum atomic E-state index is 0.00702. The lowest BCUT2D eigenvalue weighted by Gasteiger charge is -2.33. The highest BCUT2D eigenvalue weighted by molar-refractivity contribution is 5.82. The number of likely N-dealkylation sites (N-methyl/N-ethyl adjacent to an activating group) is 1. The van der Waals surface area contributed by atoms with Crippen LogP contribution in [0.2, 0.25) is 0 Å². The molecule has 88 valence electrons. The Balaban J connectivity index is 2.43. The minimum Gasteiger partial charge on any atom is -0.377 e. The normalized spacial score (nSPS) is 24.3. The monoisotopic (exact) mass is 214 g/mol. The van der Waals surface area contributed by atoms with Gasteiger partial charge in [-0.05, 0) is 33.7 Å². The molecule has 1 amide bonds. The summed E-state index contributed by atoms with van der Waals surface area (Å²) in [7, 11) is 1.85. The molecule has 2 atom stereocenters. The Bertz CT molecular complexity index is 209. The molecule has 15 heavy (non-hydrogen) atoms. The Morgan fingerprint density at radius 3 is 3.00 bits per heavy atom. The number of hydrogen-bond donors (Lipinski definition) is 1. The highest BCUT2D eigenvalue weighted by Crippen LogP contribution is 2.12. The summed E-state index contributed by atoms with van der Waals surface area (Å²) in [5.74, 6) is 0.218. The van der Waals surface area contributed by atoms with Crippen LogP contribution in [0.4, 0.5) is 0 Å². The minimum absolute atomic E-state index is 0.00702. The van der Waals surface area contributed by atoms with Crippen LogP contribution in [0.25, 0.3) is 0 Å². The number of nitrogens with one attached hydrogen (secondary N) is 1. The van der Waals surface area contributed by atoms with Gasteiger partial charge in [0.15, 0.2) is 0 Å². The maximum Gasteiger partial charge on any atom is 0.239 e. The van der Waals surface area contributed by atoms with Crippen LogP contribution < -0.4 is 5.32 Å². The second-order valence-electron chi connectivity index (χ2n) is 4.03. The van der Waals surface area contributed by atoms with Crippen molar-refractivity contribution in [3.8, 4) is 0 Å². The molecule has 4 heteroatoms. The van der Waals surface area contributed by atoms with Crippen molar-refractivity contribution < 1.29 is 9.53 Å². The lowest BCUT2D eigenvalue weighted by Crippen LogP contribution is -2.51. The molecule has 0 aliphatic carbocycles. The molecule has 0 saturated carbocycles. The lowest BCUT2D eigenvalue weighted by molar-refractivity contribution is -0.137. The zero-order valence-corrected chi connectivity index (χ0v) is 9.95. The van der Waals surface area contributed by atoms with Gasteiger partial charge in [-0.1, -0.05) is 0 Å². The smallest absolute Gasteiger partial charge is 0.239 e. The van der Waals surface area contributed by atoms with Gasteiger partial charge in [-0.25, -0.2) is 0 Å². The Hall–Kier alpha value is -0.610. The summed E-state index contributed by atoms with van der Waals surface area (Å²) in [4.78, 5) is 13.8. The molecule has 0 radical (unpaired) electrons. The summed E-state index contributed by atoms with van der Waals surface area (Å²) in [6, 6.07) is 0.00702. The number of rotatable bonds is 5. The predicted molar refractivity (Wildman–Crippen MR) is 59.7 cm³/mol. The first-order valence-corrected chi connectivity index (χ1v) is 5.76. The third kappa shape index (κ3) is 3.47. The average Bonchev–Trinajstić information content (AvgIpc) is 2.21. The first-order valence-electron chi connectivity index (χ1n) is 5.76. The molecule has 1 heterocycles. The summed E-state index contributed by atoms with van der Waals surface area (Å²) in [6.45, 7) is 6.28. The molecular formula is C11H22N2O2. The van der Waals surface area contributed by atoms with Crippen molar-refractivity contribution in [2.45, 2.75) is 38.8 Å². The van der Waals surface area contributed by atoms with E-state index in [-0.39, 0.29) is 18.1 Å². The molecule has 4 nitrogen and oxygen atoms in total. The fourth-order valence-electron chi connectivity index (χ4n) is 2.04. The summed E-state index contributed by atoms with van der Waals surface area (Å²) < 4.78 is 5.45. The van der Waals surface area contributed by atoms with E-state index in [1.54, 1.807) is 0 Å². The van der Waals surface area contributed by atoms with Crippen LogP contribution in [0.15, 0.2) is 0 Å². The van der Waals surface area contributed by atoms with Gasteiger partial charge in [-0.15, -0.1) is 0 Å². The number of likely N-dealkylation sites (tertiary alicyclic amines) is 1. The highest BCUT2D eigenvalue weighted by Gasteiger charge is 2.27. The molecule has 1 rings (SSSR count). The Kier molecular flexibility index (Phi) is 5.05. The topological polar surface area (TPSA) is 41.6 Å². The molecule has 0 bridgehead atoms. The maximum absolute atomic E-state index is 11.9. The van der Waals surface area contributed by atoms with E-state index in [0.717, 1.165) is 19.4 Å². The van der Waals surface area contributed by atoms with Crippen LogP contribution >= 0.6 is 0 Å². The molecule has 2 unspecified atom stereocenters. The van der Waals surface area contributed by atoms with Crippen molar-refractivity contribution in [3.05, 3.63) is 0 Å². The number of nitrogens with zero attached hydrogens (tertiary/aromatic N) is 1. The van der Waals surface area contributed by atoms with Gasteiger partial charge in [0, 0.05) is 19.7 Å². The van der Waals surface area contributed by atoms with E-state index >= 15 is 0 Å². The van der Waals surface area contributed by atoms with Crippen molar-refractivity contribution in [1.29, 1.82) is 0 Å².